The second kappa shape index (κ2) is 7.19. The predicted molar refractivity (Wildman–Crippen MR) is 107 cm³/mol. The second-order valence-electron chi connectivity index (χ2n) is 5.71. The highest BCUT2D eigenvalue weighted by atomic mass is 32.2. The normalized spacial score (nSPS) is 12.4. The van der Waals surface area contributed by atoms with Gasteiger partial charge >= 0.3 is 0 Å². The van der Waals surface area contributed by atoms with Gasteiger partial charge in [0, 0.05) is 19.3 Å². The zero-order valence-electron chi connectivity index (χ0n) is 14.7. The van der Waals surface area contributed by atoms with Crippen LogP contribution in [0.4, 0.5) is 0 Å². The molecule has 0 unspecified atom stereocenters. The maximum Gasteiger partial charge on any atom is 0.244 e. The van der Waals surface area contributed by atoms with Crippen LogP contribution in [0.25, 0.3) is 15.9 Å². The Kier molecular flexibility index (Phi) is 4.89. The minimum atomic E-state index is -3.55. The van der Waals surface area contributed by atoms with Gasteiger partial charge in [0.05, 0.1) is 15.1 Å². The fourth-order valence-corrected chi connectivity index (χ4v) is 6.20. The van der Waals surface area contributed by atoms with Gasteiger partial charge in [0.25, 0.3) is 0 Å². The summed E-state index contributed by atoms with van der Waals surface area (Å²) in [6.07, 6.45) is 1.58. The van der Waals surface area contributed by atoms with Crippen molar-refractivity contribution in [3.05, 3.63) is 42.6 Å². The van der Waals surface area contributed by atoms with Crippen LogP contribution in [0, 0.1) is 0 Å². The number of thiazole rings is 1. The van der Waals surface area contributed by atoms with Crippen LogP contribution in [0.5, 0.6) is 0 Å². The van der Waals surface area contributed by atoms with Crippen molar-refractivity contribution in [2.24, 2.45) is 0 Å². The average molecular weight is 420 g/mol. The molecule has 0 radical (unpaired) electrons. The van der Waals surface area contributed by atoms with Gasteiger partial charge < -0.3 is 0 Å². The number of aromatic nitrogens is 4. The smallest absolute Gasteiger partial charge is 0.244 e. The summed E-state index contributed by atoms with van der Waals surface area (Å²) in [6.45, 7) is 4.50. The number of nitrogens with zero attached hydrogens (tertiary/aromatic N) is 5. The molecule has 7 nitrogen and oxygen atoms in total. The summed E-state index contributed by atoms with van der Waals surface area (Å²) in [5, 5.41) is 8.92. The standard InChI is InChI=1S/C17H17N5O2S3/c1-3-21(4-2)27(23,24)12-9-10-15-19-20-16(22(15)11-12)26-17-18-13-7-5-6-8-14(13)25-17/h5-11H,3-4H2,1-2H3. The highest BCUT2D eigenvalue weighted by Crippen LogP contribution is 2.33. The van der Waals surface area contributed by atoms with Crippen molar-refractivity contribution in [3.63, 3.8) is 0 Å². The van der Waals surface area contributed by atoms with Crippen molar-refractivity contribution in [1.29, 1.82) is 0 Å². The van der Waals surface area contributed by atoms with Crippen LogP contribution in [0.2, 0.25) is 0 Å². The zero-order valence-corrected chi connectivity index (χ0v) is 17.2. The van der Waals surface area contributed by atoms with E-state index in [9.17, 15) is 8.42 Å². The summed E-state index contributed by atoms with van der Waals surface area (Å²) in [5.41, 5.74) is 1.53. The summed E-state index contributed by atoms with van der Waals surface area (Å²) < 4.78 is 30.7. The Balaban J connectivity index is 1.74. The number of para-hydroxylation sites is 1. The first kappa shape index (κ1) is 18.4. The molecule has 140 valence electrons. The average Bonchev–Trinajstić information content (AvgIpc) is 3.26. The minimum absolute atomic E-state index is 0.227. The monoisotopic (exact) mass is 419 g/mol. The molecule has 3 aromatic heterocycles. The highest BCUT2D eigenvalue weighted by molar-refractivity contribution is 8.01. The summed E-state index contributed by atoms with van der Waals surface area (Å²) in [7, 11) is -3.55. The number of hydrogen-bond donors (Lipinski definition) is 0. The van der Waals surface area contributed by atoms with Gasteiger partial charge in [0.1, 0.15) is 0 Å². The van der Waals surface area contributed by atoms with E-state index in [1.807, 2.05) is 38.1 Å². The third-order valence-electron chi connectivity index (χ3n) is 4.14. The molecule has 0 amide bonds. The van der Waals surface area contributed by atoms with Crippen molar-refractivity contribution < 1.29 is 8.42 Å². The Morgan fingerprint density at radius 3 is 2.63 bits per heavy atom. The molecule has 1 aromatic carbocycles. The van der Waals surface area contributed by atoms with Gasteiger partial charge in [-0.25, -0.2) is 13.4 Å². The van der Waals surface area contributed by atoms with Crippen molar-refractivity contribution in [1.82, 2.24) is 23.9 Å². The summed E-state index contributed by atoms with van der Waals surface area (Å²) in [6, 6.07) is 11.2. The Labute approximate surface area is 165 Å². The fourth-order valence-electron chi connectivity index (χ4n) is 2.76. The number of rotatable bonds is 6. The molecule has 0 aliphatic carbocycles. The number of fused-ring (bicyclic) bond motifs is 2. The first-order valence-electron chi connectivity index (χ1n) is 8.41. The highest BCUT2D eigenvalue weighted by Gasteiger charge is 2.23. The lowest BCUT2D eigenvalue weighted by molar-refractivity contribution is 0.445. The van der Waals surface area contributed by atoms with Crippen LogP contribution in [0.3, 0.4) is 0 Å². The molecule has 0 N–H and O–H groups in total. The third-order valence-corrected chi connectivity index (χ3v) is 8.23. The summed E-state index contributed by atoms with van der Waals surface area (Å²) >= 11 is 2.95. The summed E-state index contributed by atoms with van der Waals surface area (Å²) in [5.74, 6) is 0. The van der Waals surface area contributed by atoms with Crippen molar-refractivity contribution in [3.8, 4) is 0 Å². The molecule has 10 heteroatoms. The maximum atomic E-state index is 12.8. The Morgan fingerprint density at radius 2 is 1.89 bits per heavy atom. The molecule has 0 bridgehead atoms. The van der Waals surface area contributed by atoms with Gasteiger partial charge in [-0.15, -0.1) is 21.5 Å². The van der Waals surface area contributed by atoms with E-state index >= 15 is 0 Å². The minimum Gasteiger partial charge on any atom is -0.276 e. The van der Waals surface area contributed by atoms with E-state index in [1.54, 1.807) is 34.1 Å². The number of benzene rings is 1. The van der Waals surface area contributed by atoms with E-state index in [0.717, 1.165) is 14.6 Å². The van der Waals surface area contributed by atoms with E-state index in [0.29, 0.717) is 23.9 Å². The largest absolute Gasteiger partial charge is 0.276 e. The molecule has 0 spiro atoms. The lowest BCUT2D eigenvalue weighted by Crippen LogP contribution is -2.30. The quantitative estimate of drug-likeness (QED) is 0.476. The van der Waals surface area contributed by atoms with Crippen molar-refractivity contribution in [2.75, 3.05) is 13.1 Å². The zero-order chi connectivity index (χ0) is 19.0. The predicted octanol–water partition coefficient (Wildman–Crippen LogP) is 3.52. The van der Waals surface area contributed by atoms with Crippen LogP contribution >= 0.6 is 23.1 Å². The Hall–Kier alpha value is -2.01. The van der Waals surface area contributed by atoms with E-state index < -0.39 is 10.0 Å². The molecular formula is C17H17N5O2S3. The number of pyridine rings is 1. The second-order valence-corrected chi connectivity index (χ2v) is 9.90. The molecule has 0 atom stereocenters. The molecule has 0 fully saturated rings. The van der Waals surface area contributed by atoms with Gasteiger partial charge in [0.2, 0.25) is 15.2 Å². The van der Waals surface area contributed by atoms with Crippen LogP contribution < -0.4 is 0 Å². The lowest BCUT2D eigenvalue weighted by atomic mass is 10.3. The van der Waals surface area contributed by atoms with Gasteiger partial charge in [-0.1, -0.05) is 26.0 Å². The van der Waals surface area contributed by atoms with Crippen LogP contribution in [0.15, 0.2) is 57.0 Å². The molecule has 0 aliphatic heterocycles. The molecule has 4 rings (SSSR count). The molecule has 27 heavy (non-hydrogen) atoms. The van der Waals surface area contributed by atoms with E-state index in [4.69, 9.17) is 0 Å². The van der Waals surface area contributed by atoms with Gasteiger partial charge in [-0.2, -0.15) is 4.31 Å². The van der Waals surface area contributed by atoms with Crippen LogP contribution in [-0.2, 0) is 10.0 Å². The Morgan fingerprint density at radius 1 is 1.11 bits per heavy atom. The molecule has 4 aromatic rings. The molecule has 3 heterocycles. The van der Waals surface area contributed by atoms with Crippen molar-refractivity contribution in [2.45, 2.75) is 28.2 Å². The SMILES string of the molecule is CCN(CC)S(=O)(=O)c1ccc2nnc(Sc3nc4ccccc4s3)n2c1. The molecule has 0 aliphatic rings. The van der Waals surface area contributed by atoms with Gasteiger partial charge in [0.15, 0.2) is 9.99 Å². The lowest BCUT2D eigenvalue weighted by Gasteiger charge is -2.18. The van der Waals surface area contributed by atoms with Gasteiger partial charge in [-0.05, 0) is 36.0 Å². The van der Waals surface area contributed by atoms with Crippen LogP contribution in [-0.4, -0.2) is 45.4 Å². The topological polar surface area (TPSA) is 80.5 Å². The fraction of sp³-hybridized carbons (Fsp3) is 0.235. The van der Waals surface area contributed by atoms with E-state index in [-0.39, 0.29) is 4.90 Å². The first-order chi connectivity index (χ1) is 13.0. The van der Waals surface area contributed by atoms with E-state index in [1.165, 1.54) is 16.1 Å². The Bertz CT molecular complexity index is 1180. The molecular weight excluding hydrogens is 402 g/mol. The van der Waals surface area contributed by atoms with E-state index in [2.05, 4.69) is 15.2 Å². The molecule has 0 saturated heterocycles. The maximum absolute atomic E-state index is 12.8. The number of sulfonamides is 1. The third kappa shape index (κ3) is 3.33. The van der Waals surface area contributed by atoms with Crippen molar-refractivity contribution >= 4 is 49.0 Å². The number of hydrogen-bond acceptors (Lipinski definition) is 7. The van der Waals surface area contributed by atoms with Crippen LogP contribution in [0.1, 0.15) is 13.8 Å². The summed E-state index contributed by atoms with van der Waals surface area (Å²) in [4.78, 5) is 4.82. The van der Waals surface area contributed by atoms with Gasteiger partial charge in [-0.3, -0.25) is 4.40 Å². The first-order valence-corrected chi connectivity index (χ1v) is 11.5. The molecule has 0 saturated carbocycles.